The molecule has 2 atom stereocenters. The highest BCUT2D eigenvalue weighted by Crippen LogP contribution is 2.27. The lowest BCUT2D eigenvalue weighted by Gasteiger charge is -2.20. The molecule has 26 heavy (non-hydrogen) atoms. The van der Waals surface area contributed by atoms with Crippen LogP contribution in [0.25, 0.3) is 0 Å². The predicted molar refractivity (Wildman–Crippen MR) is 113 cm³/mol. The summed E-state index contributed by atoms with van der Waals surface area (Å²) in [4.78, 5) is 4.37. The minimum atomic E-state index is -0.981. The molecular formula is C23H45NO2. The Labute approximate surface area is 163 Å². The highest BCUT2D eigenvalue weighted by molar-refractivity contribution is 5.78. The first-order valence-electron chi connectivity index (χ1n) is 11.6. The smallest absolute Gasteiger partial charge is 0.196 e. The molecule has 0 aliphatic carbocycles. The summed E-state index contributed by atoms with van der Waals surface area (Å²) in [5.41, 5.74) is -0.981. The second-order valence-electron chi connectivity index (χ2n) is 8.20. The van der Waals surface area contributed by atoms with E-state index >= 15 is 0 Å². The van der Waals surface area contributed by atoms with Crippen LogP contribution >= 0.6 is 0 Å². The third-order valence-electron chi connectivity index (χ3n) is 5.80. The van der Waals surface area contributed by atoms with Crippen molar-refractivity contribution >= 4 is 5.90 Å². The second kappa shape index (κ2) is 14.5. The van der Waals surface area contributed by atoms with E-state index in [0.29, 0.717) is 6.42 Å². The normalized spacial score (nSPS) is 22.5. The van der Waals surface area contributed by atoms with E-state index in [0.717, 1.165) is 18.7 Å². The lowest BCUT2D eigenvalue weighted by molar-refractivity contribution is -0.0294. The van der Waals surface area contributed by atoms with Crippen molar-refractivity contribution in [2.75, 3.05) is 0 Å². The monoisotopic (exact) mass is 367 g/mol. The topological polar surface area (TPSA) is 41.8 Å². The zero-order valence-corrected chi connectivity index (χ0v) is 17.9. The van der Waals surface area contributed by atoms with Gasteiger partial charge in [-0.1, -0.05) is 104 Å². The van der Waals surface area contributed by atoms with Gasteiger partial charge in [0, 0.05) is 6.42 Å². The van der Waals surface area contributed by atoms with Crippen molar-refractivity contribution in [3.63, 3.8) is 0 Å². The molecule has 3 heteroatoms. The number of nitrogens with zero attached hydrogens (tertiary/aromatic N) is 1. The zero-order valence-electron chi connectivity index (χ0n) is 17.9. The van der Waals surface area contributed by atoms with Gasteiger partial charge in [0.1, 0.15) is 6.10 Å². The van der Waals surface area contributed by atoms with Crippen LogP contribution in [-0.4, -0.2) is 22.8 Å². The molecule has 2 unspecified atom stereocenters. The van der Waals surface area contributed by atoms with Crippen LogP contribution in [0.15, 0.2) is 4.99 Å². The number of ether oxygens (including phenoxy) is 1. The molecule has 1 aliphatic heterocycles. The van der Waals surface area contributed by atoms with Gasteiger partial charge in [-0.25, -0.2) is 4.99 Å². The van der Waals surface area contributed by atoms with E-state index in [-0.39, 0.29) is 6.10 Å². The van der Waals surface area contributed by atoms with E-state index in [2.05, 4.69) is 11.9 Å². The summed E-state index contributed by atoms with van der Waals surface area (Å²) in [6, 6.07) is 0. The van der Waals surface area contributed by atoms with Gasteiger partial charge in [0.2, 0.25) is 0 Å². The zero-order chi connectivity index (χ0) is 19.1. The van der Waals surface area contributed by atoms with Crippen LogP contribution in [0.1, 0.15) is 130 Å². The quantitative estimate of drug-likeness (QED) is 0.277. The van der Waals surface area contributed by atoms with Gasteiger partial charge in [0.15, 0.2) is 11.6 Å². The summed E-state index contributed by atoms with van der Waals surface area (Å²) < 4.78 is 5.69. The van der Waals surface area contributed by atoms with Crippen LogP contribution in [0.3, 0.4) is 0 Å². The van der Waals surface area contributed by atoms with Gasteiger partial charge in [-0.15, -0.1) is 0 Å². The average molecular weight is 368 g/mol. The molecule has 1 heterocycles. The Kier molecular flexibility index (Phi) is 13.1. The third-order valence-corrected chi connectivity index (χ3v) is 5.80. The predicted octanol–water partition coefficient (Wildman–Crippen LogP) is 7.16. The number of aliphatic imine (C=N–C) groups is 1. The van der Waals surface area contributed by atoms with Crippen molar-refractivity contribution in [1.29, 1.82) is 0 Å². The summed E-state index contributed by atoms with van der Waals surface area (Å²) in [6.07, 6.45) is 22.0. The fourth-order valence-electron chi connectivity index (χ4n) is 3.76. The van der Waals surface area contributed by atoms with E-state index in [1.54, 1.807) is 0 Å². The molecule has 0 saturated carbocycles. The number of hydrogen-bond donors (Lipinski definition) is 1. The van der Waals surface area contributed by atoms with Gasteiger partial charge in [-0.2, -0.15) is 0 Å². The fourth-order valence-corrected chi connectivity index (χ4v) is 3.76. The first-order valence-corrected chi connectivity index (χ1v) is 11.6. The Morgan fingerprint density at radius 1 is 0.769 bits per heavy atom. The first kappa shape index (κ1) is 23.5. The SMILES string of the molecule is CCCCCCCCCCCCCCCCCC1=NC(O)(CC)C(C)O1. The molecule has 0 aromatic heterocycles. The lowest BCUT2D eigenvalue weighted by atomic mass is 10.0. The molecule has 0 aromatic rings. The van der Waals surface area contributed by atoms with E-state index in [1.807, 2.05) is 13.8 Å². The number of unbranched alkanes of at least 4 members (excludes halogenated alkanes) is 14. The Bertz CT molecular complexity index is 369. The molecule has 0 radical (unpaired) electrons. The molecule has 0 aromatic carbocycles. The van der Waals surface area contributed by atoms with Gasteiger partial charge < -0.3 is 9.84 Å². The van der Waals surface area contributed by atoms with Crippen molar-refractivity contribution in [2.45, 2.75) is 142 Å². The van der Waals surface area contributed by atoms with Crippen LogP contribution in [0, 0.1) is 0 Å². The van der Waals surface area contributed by atoms with E-state index in [9.17, 15) is 5.11 Å². The molecule has 0 spiro atoms. The van der Waals surface area contributed by atoms with Crippen LogP contribution in [0.2, 0.25) is 0 Å². The maximum absolute atomic E-state index is 10.3. The molecule has 0 fully saturated rings. The molecular weight excluding hydrogens is 322 g/mol. The van der Waals surface area contributed by atoms with Crippen LogP contribution in [0.5, 0.6) is 0 Å². The van der Waals surface area contributed by atoms with Crippen molar-refractivity contribution in [3.8, 4) is 0 Å². The van der Waals surface area contributed by atoms with Crippen LogP contribution in [-0.2, 0) is 4.74 Å². The lowest BCUT2D eigenvalue weighted by Crippen LogP contribution is -2.34. The van der Waals surface area contributed by atoms with Crippen molar-refractivity contribution < 1.29 is 9.84 Å². The molecule has 154 valence electrons. The molecule has 0 bridgehead atoms. The van der Waals surface area contributed by atoms with Gasteiger partial charge in [-0.05, 0) is 19.8 Å². The Morgan fingerprint density at radius 2 is 1.19 bits per heavy atom. The molecule has 0 amide bonds. The number of aliphatic hydroxyl groups is 1. The van der Waals surface area contributed by atoms with Gasteiger partial charge in [0.25, 0.3) is 0 Å². The minimum Gasteiger partial charge on any atom is -0.473 e. The second-order valence-corrected chi connectivity index (χ2v) is 8.20. The summed E-state index contributed by atoms with van der Waals surface area (Å²) >= 11 is 0. The molecule has 0 saturated heterocycles. The number of rotatable bonds is 17. The van der Waals surface area contributed by atoms with Crippen molar-refractivity contribution in [2.24, 2.45) is 4.99 Å². The summed E-state index contributed by atoms with van der Waals surface area (Å²) in [6.45, 7) is 6.15. The van der Waals surface area contributed by atoms with Crippen LogP contribution < -0.4 is 0 Å². The maximum Gasteiger partial charge on any atom is 0.196 e. The standard InChI is InChI=1S/C23H45NO2/c1-4-6-7-8-9-10-11-12-13-14-15-16-17-18-19-20-22-24-23(25,5-2)21(3)26-22/h21,25H,4-20H2,1-3H3. The maximum atomic E-state index is 10.3. The van der Waals surface area contributed by atoms with Crippen molar-refractivity contribution in [3.05, 3.63) is 0 Å². The van der Waals surface area contributed by atoms with Crippen molar-refractivity contribution in [1.82, 2.24) is 0 Å². The van der Waals surface area contributed by atoms with Gasteiger partial charge in [-0.3, -0.25) is 0 Å². The van der Waals surface area contributed by atoms with E-state index < -0.39 is 5.72 Å². The summed E-state index contributed by atoms with van der Waals surface area (Å²) in [5, 5.41) is 10.3. The molecule has 3 nitrogen and oxygen atoms in total. The number of hydrogen-bond acceptors (Lipinski definition) is 3. The van der Waals surface area contributed by atoms with Gasteiger partial charge in [0.05, 0.1) is 0 Å². The largest absolute Gasteiger partial charge is 0.473 e. The highest BCUT2D eigenvalue weighted by Gasteiger charge is 2.39. The fraction of sp³-hybridized carbons (Fsp3) is 0.957. The summed E-state index contributed by atoms with van der Waals surface area (Å²) in [5.74, 6) is 0.761. The summed E-state index contributed by atoms with van der Waals surface area (Å²) in [7, 11) is 0. The average Bonchev–Trinajstić information content (AvgIpc) is 2.93. The Hall–Kier alpha value is -0.570. The minimum absolute atomic E-state index is 0.196. The van der Waals surface area contributed by atoms with E-state index in [4.69, 9.17) is 4.74 Å². The molecule has 1 aliphatic rings. The third kappa shape index (κ3) is 9.94. The molecule has 1 rings (SSSR count). The van der Waals surface area contributed by atoms with Gasteiger partial charge >= 0.3 is 0 Å². The van der Waals surface area contributed by atoms with E-state index in [1.165, 1.54) is 89.9 Å². The highest BCUT2D eigenvalue weighted by atomic mass is 16.5. The molecule has 1 N–H and O–H groups in total. The Morgan fingerprint density at radius 3 is 1.58 bits per heavy atom. The first-order chi connectivity index (χ1) is 12.6. The van der Waals surface area contributed by atoms with Crippen LogP contribution in [0.4, 0.5) is 0 Å². The Balaban J connectivity index is 1.82.